The average molecular weight is 514 g/mol. The number of rotatable bonds is 5. The molecule has 0 spiro atoms. The second-order valence-corrected chi connectivity index (χ2v) is 10.8. The highest BCUT2D eigenvalue weighted by Gasteiger charge is 2.27. The molecule has 12 heteroatoms. The second-order valence-electron chi connectivity index (χ2n) is 8.80. The lowest BCUT2D eigenvalue weighted by Crippen LogP contribution is -2.41. The summed E-state index contributed by atoms with van der Waals surface area (Å²) < 4.78 is 54.9. The molecule has 0 bridgehead atoms. The highest BCUT2D eigenvalue weighted by atomic mass is 32.2. The normalized spacial score (nSPS) is 16.2. The predicted octanol–water partition coefficient (Wildman–Crippen LogP) is 3.23. The van der Waals surface area contributed by atoms with Gasteiger partial charge < -0.3 is 11.1 Å². The standard InChI is InChI=1S/C24H25F2N7O2S/c1-28-23(27)13-6-7-15-16(12-13)20(19-17(25)4-3-5-18(19)26)30-22-21(15)31-32-24(22)29-14-8-10-33(11-9-14)36(2,34)35/h3-7,12,14H,8-11H2,1-2H3,(H2,27,28)(H2,29,31,32). The van der Waals surface area contributed by atoms with Crippen LogP contribution in [0.2, 0.25) is 0 Å². The summed E-state index contributed by atoms with van der Waals surface area (Å²) in [4.78, 5) is 8.69. The number of hydrogen-bond donors (Lipinski definition) is 3. The van der Waals surface area contributed by atoms with Crippen molar-refractivity contribution in [2.45, 2.75) is 18.9 Å². The van der Waals surface area contributed by atoms with E-state index in [1.807, 2.05) is 0 Å². The molecule has 5 rings (SSSR count). The second kappa shape index (κ2) is 9.10. The topological polar surface area (TPSA) is 129 Å². The number of H-pyrrole nitrogens is 1. The summed E-state index contributed by atoms with van der Waals surface area (Å²) in [6.45, 7) is 0.786. The Morgan fingerprint density at radius 3 is 2.50 bits per heavy atom. The zero-order valence-electron chi connectivity index (χ0n) is 19.7. The van der Waals surface area contributed by atoms with Gasteiger partial charge in [0, 0.05) is 42.5 Å². The van der Waals surface area contributed by atoms with Crippen LogP contribution < -0.4 is 11.1 Å². The smallest absolute Gasteiger partial charge is 0.211 e. The number of halogens is 2. The van der Waals surface area contributed by atoms with Crippen molar-refractivity contribution in [1.82, 2.24) is 19.5 Å². The molecule has 36 heavy (non-hydrogen) atoms. The van der Waals surface area contributed by atoms with Gasteiger partial charge in [0.15, 0.2) is 5.82 Å². The molecule has 0 unspecified atom stereocenters. The van der Waals surface area contributed by atoms with E-state index in [1.54, 1.807) is 25.2 Å². The Labute approximate surface area is 206 Å². The lowest BCUT2D eigenvalue weighted by Gasteiger charge is -2.30. The van der Waals surface area contributed by atoms with Crippen LogP contribution in [0.4, 0.5) is 14.6 Å². The van der Waals surface area contributed by atoms with Crippen molar-refractivity contribution in [3.8, 4) is 11.3 Å². The number of anilines is 1. The van der Waals surface area contributed by atoms with E-state index in [4.69, 9.17) is 5.73 Å². The van der Waals surface area contributed by atoms with Gasteiger partial charge in [0.05, 0.1) is 23.0 Å². The first-order chi connectivity index (χ1) is 17.2. The van der Waals surface area contributed by atoms with Crippen LogP contribution in [0, 0.1) is 11.6 Å². The summed E-state index contributed by atoms with van der Waals surface area (Å²) in [6, 6.07) is 8.92. The summed E-state index contributed by atoms with van der Waals surface area (Å²) >= 11 is 0. The van der Waals surface area contributed by atoms with E-state index in [9.17, 15) is 17.2 Å². The molecule has 3 heterocycles. The molecule has 1 fully saturated rings. The third-order valence-corrected chi connectivity index (χ3v) is 7.81. The molecule has 1 aliphatic rings. The Morgan fingerprint density at radius 2 is 1.86 bits per heavy atom. The number of nitrogens with two attached hydrogens (primary N) is 1. The SMILES string of the molecule is CN=C(N)c1ccc2c(c1)c(-c1c(F)cccc1F)nc1c(NC3CCN(S(C)(=O)=O)CC3)n[nH]c12. The highest BCUT2D eigenvalue weighted by Crippen LogP contribution is 2.37. The van der Waals surface area contributed by atoms with E-state index >= 15 is 0 Å². The van der Waals surface area contributed by atoms with Crippen molar-refractivity contribution in [3.05, 3.63) is 53.6 Å². The van der Waals surface area contributed by atoms with Gasteiger partial charge in [-0.15, -0.1) is 0 Å². The molecule has 0 atom stereocenters. The number of hydrogen-bond acceptors (Lipinski definition) is 6. The number of aromatic nitrogens is 3. The van der Waals surface area contributed by atoms with E-state index in [1.165, 1.54) is 28.8 Å². The minimum Gasteiger partial charge on any atom is -0.384 e. The molecule has 9 nitrogen and oxygen atoms in total. The first-order valence-electron chi connectivity index (χ1n) is 11.4. The third kappa shape index (κ3) is 4.26. The minimum absolute atomic E-state index is 0.0383. The van der Waals surface area contributed by atoms with E-state index < -0.39 is 21.7 Å². The lowest BCUT2D eigenvalue weighted by atomic mass is 9.99. The minimum atomic E-state index is -3.24. The van der Waals surface area contributed by atoms with Gasteiger partial charge in [-0.1, -0.05) is 18.2 Å². The van der Waals surface area contributed by atoms with Crippen LogP contribution in [-0.2, 0) is 10.0 Å². The molecule has 0 saturated carbocycles. The van der Waals surface area contributed by atoms with Gasteiger partial charge in [-0.2, -0.15) is 5.10 Å². The Kier molecular flexibility index (Phi) is 6.08. The number of amidine groups is 1. The largest absolute Gasteiger partial charge is 0.384 e. The van der Waals surface area contributed by atoms with Gasteiger partial charge in [0.1, 0.15) is 23.0 Å². The van der Waals surface area contributed by atoms with Gasteiger partial charge in [0.25, 0.3) is 0 Å². The van der Waals surface area contributed by atoms with Crippen molar-refractivity contribution < 1.29 is 17.2 Å². The maximum absolute atomic E-state index is 14.9. The Hall–Kier alpha value is -3.64. The molecule has 188 valence electrons. The fourth-order valence-electron chi connectivity index (χ4n) is 4.59. The zero-order chi connectivity index (χ0) is 25.6. The molecule has 1 saturated heterocycles. The number of nitrogens with one attached hydrogen (secondary N) is 2. The zero-order valence-corrected chi connectivity index (χ0v) is 20.5. The van der Waals surface area contributed by atoms with Crippen LogP contribution in [0.1, 0.15) is 18.4 Å². The van der Waals surface area contributed by atoms with Gasteiger partial charge >= 0.3 is 0 Å². The molecule has 0 amide bonds. The fraction of sp³-hybridized carbons (Fsp3) is 0.292. The van der Waals surface area contributed by atoms with Crippen molar-refractivity contribution in [1.29, 1.82) is 0 Å². The fourth-order valence-corrected chi connectivity index (χ4v) is 5.47. The maximum Gasteiger partial charge on any atom is 0.211 e. The van der Waals surface area contributed by atoms with Crippen LogP contribution >= 0.6 is 0 Å². The quantitative estimate of drug-likeness (QED) is 0.278. The molecule has 0 radical (unpaired) electrons. The average Bonchev–Trinajstić information content (AvgIpc) is 3.25. The van der Waals surface area contributed by atoms with Crippen molar-refractivity contribution in [2.24, 2.45) is 10.7 Å². The Morgan fingerprint density at radius 1 is 1.17 bits per heavy atom. The molecule has 0 aliphatic carbocycles. The monoisotopic (exact) mass is 513 g/mol. The lowest BCUT2D eigenvalue weighted by molar-refractivity contribution is 0.331. The van der Waals surface area contributed by atoms with Crippen molar-refractivity contribution >= 4 is 43.5 Å². The van der Waals surface area contributed by atoms with Crippen molar-refractivity contribution in [3.63, 3.8) is 0 Å². The molecule has 4 N–H and O–H groups in total. The number of fused-ring (bicyclic) bond motifs is 3. The number of aromatic amines is 1. The number of aliphatic imine (C=N–C) groups is 1. The molecule has 4 aromatic rings. The van der Waals surface area contributed by atoms with Crippen molar-refractivity contribution in [2.75, 3.05) is 31.7 Å². The number of sulfonamides is 1. The van der Waals surface area contributed by atoms with Gasteiger partial charge in [-0.05, 0) is 31.0 Å². The van der Waals surface area contributed by atoms with Crippen LogP contribution in [0.25, 0.3) is 33.1 Å². The first-order valence-corrected chi connectivity index (χ1v) is 13.2. The van der Waals surface area contributed by atoms with Crippen LogP contribution in [0.3, 0.4) is 0 Å². The summed E-state index contributed by atoms with van der Waals surface area (Å²) in [6.07, 6.45) is 2.37. The number of benzene rings is 2. The summed E-state index contributed by atoms with van der Waals surface area (Å²) in [5.74, 6) is -0.764. The first kappa shape index (κ1) is 24.1. The molecule has 2 aromatic carbocycles. The number of piperidine rings is 1. The molecular weight excluding hydrogens is 488 g/mol. The Bertz CT molecular complexity index is 1590. The summed E-state index contributed by atoms with van der Waals surface area (Å²) in [5, 5.41) is 11.9. The number of pyridine rings is 1. The van der Waals surface area contributed by atoms with E-state index in [0.29, 0.717) is 59.1 Å². The van der Waals surface area contributed by atoms with E-state index in [-0.39, 0.29) is 23.1 Å². The molecular formula is C24H25F2N7O2S. The summed E-state index contributed by atoms with van der Waals surface area (Å²) in [7, 11) is -1.68. The van der Waals surface area contributed by atoms with Crippen LogP contribution in [0.15, 0.2) is 41.4 Å². The summed E-state index contributed by atoms with van der Waals surface area (Å²) in [5.41, 5.74) is 7.49. The highest BCUT2D eigenvalue weighted by molar-refractivity contribution is 7.88. The predicted molar refractivity (Wildman–Crippen MR) is 136 cm³/mol. The van der Waals surface area contributed by atoms with Gasteiger partial charge in [-0.3, -0.25) is 10.1 Å². The third-order valence-electron chi connectivity index (χ3n) is 6.51. The molecule has 2 aromatic heterocycles. The number of nitrogens with zero attached hydrogens (tertiary/aromatic N) is 4. The van der Waals surface area contributed by atoms with Gasteiger partial charge in [0.2, 0.25) is 10.0 Å². The Balaban J connectivity index is 1.64. The van der Waals surface area contributed by atoms with Crippen LogP contribution in [-0.4, -0.2) is 66.2 Å². The van der Waals surface area contributed by atoms with E-state index in [2.05, 4.69) is 25.5 Å². The van der Waals surface area contributed by atoms with Crippen LogP contribution in [0.5, 0.6) is 0 Å². The maximum atomic E-state index is 14.9. The van der Waals surface area contributed by atoms with Gasteiger partial charge in [-0.25, -0.2) is 26.5 Å². The van der Waals surface area contributed by atoms with E-state index in [0.717, 1.165) is 0 Å². The molecule has 1 aliphatic heterocycles.